The van der Waals surface area contributed by atoms with Crippen LogP contribution in [0.2, 0.25) is 0 Å². The highest BCUT2D eigenvalue weighted by molar-refractivity contribution is 5.95. The van der Waals surface area contributed by atoms with Gasteiger partial charge in [-0.05, 0) is 18.6 Å². The Balaban J connectivity index is 2.42. The fraction of sp³-hybridized carbons (Fsp3) is 0.429. The van der Waals surface area contributed by atoms with E-state index in [4.69, 9.17) is 5.11 Å². The van der Waals surface area contributed by atoms with Gasteiger partial charge < -0.3 is 15.7 Å². The van der Waals surface area contributed by atoms with Crippen LogP contribution in [0.5, 0.6) is 0 Å². The number of aromatic nitrogens is 1. The second kappa shape index (κ2) is 8.68. The first-order chi connectivity index (χ1) is 10.0. The molecule has 1 atom stereocenters. The summed E-state index contributed by atoms with van der Waals surface area (Å²) in [7, 11) is 0. The van der Waals surface area contributed by atoms with Crippen molar-refractivity contribution in [3.63, 3.8) is 0 Å². The molecule has 1 heterocycles. The van der Waals surface area contributed by atoms with Crippen molar-refractivity contribution in [3.8, 4) is 0 Å². The lowest BCUT2D eigenvalue weighted by Crippen LogP contribution is -2.45. The molecule has 0 fully saturated rings. The minimum atomic E-state index is -1.08. The largest absolute Gasteiger partial charge is 0.480 e. The maximum Gasteiger partial charge on any atom is 0.326 e. The highest BCUT2D eigenvalue weighted by atomic mass is 16.4. The first-order valence-corrected chi connectivity index (χ1v) is 6.76. The SMILES string of the molecule is CCCC[C@H](NC(=O)CNC(=O)c1ccccn1)C(=O)O. The average molecular weight is 293 g/mol. The Labute approximate surface area is 122 Å². The van der Waals surface area contributed by atoms with Gasteiger partial charge in [-0.1, -0.05) is 25.8 Å². The first-order valence-electron chi connectivity index (χ1n) is 6.76. The van der Waals surface area contributed by atoms with Gasteiger partial charge in [0.15, 0.2) is 0 Å². The molecule has 0 saturated carbocycles. The minimum Gasteiger partial charge on any atom is -0.480 e. The van der Waals surface area contributed by atoms with Crippen LogP contribution in [0, 0.1) is 0 Å². The predicted molar refractivity (Wildman–Crippen MR) is 75.7 cm³/mol. The molecule has 0 aliphatic carbocycles. The summed E-state index contributed by atoms with van der Waals surface area (Å²) in [6.45, 7) is 1.65. The molecular formula is C14H19N3O4. The second-order valence-corrected chi connectivity index (χ2v) is 4.50. The molecule has 0 spiro atoms. The number of rotatable bonds is 8. The number of carboxylic acids is 1. The number of amides is 2. The molecule has 0 bridgehead atoms. The molecule has 0 unspecified atom stereocenters. The van der Waals surface area contributed by atoms with E-state index in [1.54, 1.807) is 12.1 Å². The molecule has 0 aliphatic rings. The highest BCUT2D eigenvalue weighted by Crippen LogP contribution is 2.00. The first kappa shape index (κ1) is 16.6. The smallest absolute Gasteiger partial charge is 0.326 e. The number of hydrogen-bond acceptors (Lipinski definition) is 4. The zero-order valence-electron chi connectivity index (χ0n) is 11.8. The number of pyridine rings is 1. The molecule has 0 radical (unpaired) electrons. The number of carboxylic acid groups (broad SMARTS) is 1. The Bertz CT molecular complexity index is 490. The van der Waals surface area contributed by atoms with Crippen LogP contribution in [0.3, 0.4) is 0 Å². The van der Waals surface area contributed by atoms with Crippen molar-refractivity contribution in [3.05, 3.63) is 30.1 Å². The van der Waals surface area contributed by atoms with Gasteiger partial charge in [0.1, 0.15) is 11.7 Å². The number of hydrogen-bond donors (Lipinski definition) is 3. The van der Waals surface area contributed by atoms with Crippen molar-refractivity contribution in [1.29, 1.82) is 0 Å². The Morgan fingerprint density at radius 2 is 2.10 bits per heavy atom. The van der Waals surface area contributed by atoms with Crippen molar-refractivity contribution in [1.82, 2.24) is 15.6 Å². The Hall–Kier alpha value is -2.44. The predicted octanol–water partition coefficient (Wildman–Crippen LogP) is 0.571. The minimum absolute atomic E-state index is 0.200. The fourth-order valence-corrected chi connectivity index (χ4v) is 1.66. The molecule has 7 nitrogen and oxygen atoms in total. The van der Waals surface area contributed by atoms with E-state index in [-0.39, 0.29) is 12.2 Å². The highest BCUT2D eigenvalue weighted by Gasteiger charge is 2.19. The second-order valence-electron chi connectivity index (χ2n) is 4.50. The molecule has 3 N–H and O–H groups in total. The Morgan fingerprint density at radius 3 is 2.67 bits per heavy atom. The van der Waals surface area contributed by atoms with Crippen LogP contribution >= 0.6 is 0 Å². The molecule has 21 heavy (non-hydrogen) atoms. The third kappa shape index (κ3) is 6.03. The summed E-state index contributed by atoms with van der Waals surface area (Å²) < 4.78 is 0. The maximum absolute atomic E-state index is 11.7. The summed E-state index contributed by atoms with van der Waals surface area (Å²) in [6.07, 6.45) is 3.39. The maximum atomic E-state index is 11.7. The third-order valence-electron chi connectivity index (χ3n) is 2.79. The van der Waals surface area contributed by atoms with Gasteiger partial charge in [0.05, 0.1) is 6.54 Å². The Kier molecular flexibility index (Phi) is 6.86. The van der Waals surface area contributed by atoms with Gasteiger partial charge in [0.25, 0.3) is 5.91 Å². The van der Waals surface area contributed by atoms with E-state index in [1.165, 1.54) is 12.3 Å². The van der Waals surface area contributed by atoms with E-state index in [9.17, 15) is 14.4 Å². The van der Waals surface area contributed by atoms with Crippen LogP contribution in [0.25, 0.3) is 0 Å². The number of nitrogens with zero attached hydrogens (tertiary/aromatic N) is 1. The molecule has 1 aromatic heterocycles. The topological polar surface area (TPSA) is 108 Å². The summed E-state index contributed by atoms with van der Waals surface area (Å²) >= 11 is 0. The van der Waals surface area contributed by atoms with Crippen LogP contribution in [-0.2, 0) is 9.59 Å². The number of nitrogens with one attached hydrogen (secondary N) is 2. The van der Waals surface area contributed by atoms with E-state index in [2.05, 4.69) is 15.6 Å². The lowest BCUT2D eigenvalue weighted by atomic mass is 10.1. The van der Waals surface area contributed by atoms with Crippen LogP contribution < -0.4 is 10.6 Å². The van der Waals surface area contributed by atoms with E-state index < -0.39 is 23.8 Å². The quantitative estimate of drug-likeness (QED) is 0.649. The van der Waals surface area contributed by atoms with Crippen molar-refractivity contribution >= 4 is 17.8 Å². The zero-order chi connectivity index (χ0) is 15.7. The fourth-order valence-electron chi connectivity index (χ4n) is 1.66. The van der Waals surface area contributed by atoms with Gasteiger partial charge in [0.2, 0.25) is 5.91 Å². The number of carbonyl (C=O) groups is 3. The van der Waals surface area contributed by atoms with Crippen LogP contribution in [0.15, 0.2) is 24.4 Å². The molecule has 0 aromatic carbocycles. The van der Waals surface area contributed by atoms with Crippen LogP contribution in [0.4, 0.5) is 0 Å². The zero-order valence-corrected chi connectivity index (χ0v) is 11.8. The average Bonchev–Trinajstić information content (AvgIpc) is 2.49. The summed E-state index contributed by atoms with van der Waals surface area (Å²) in [5, 5.41) is 13.8. The van der Waals surface area contributed by atoms with E-state index >= 15 is 0 Å². The number of unbranched alkanes of at least 4 members (excludes halogenated alkanes) is 1. The molecule has 0 saturated heterocycles. The summed E-state index contributed by atoms with van der Waals surface area (Å²) in [6, 6.07) is 3.93. The van der Waals surface area contributed by atoms with Gasteiger partial charge >= 0.3 is 5.97 Å². The summed E-state index contributed by atoms with van der Waals surface area (Å²) in [5.41, 5.74) is 0.200. The van der Waals surface area contributed by atoms with Crippen molar-refractivity contribution in [2.24, 2.45) is 0 Å². The molecule has 7 heteroatoms. The normalized spacial score (nSPS) is 11.5. The summed E-state index contributed by atoms with van der Waals surface area (Å²) in [5.74, 6) is -2.10. The lowest BCUT2D eigenvalue weighted by molar-refractivity contribution is -0.141. The van der Waals surface area contributed by atoms with Crippen molar-refractivity contribution < 1.29 is 19.5 Å². The molecule has 1 rings (SSSR count). The van der Waals surface area contributed by atoms with Gasteiger partial charge in [-0.15, -0.1) is 0 Å². The van der Waals surface area contributed by atoms with E-state index in [0.29, 0.717) is 12.8 Å². The van der Waals surface area contributed by atoms with E-state index in [1.807, 2.05) is 6.92 Å². The van der Waals surface area contributed by atoms with Crippen LogP contribution in [-0.4, -0.2) is 40.5 Å². The molecule has 1 aromatic rings. The van der Waals surface area contributed by atoms with E-state index in [0.717, 1.165) is 6.42 Å². The van der Waals surface area contributed by atoms with Crippen LogP contribution in [0.1, 0.15) is 36.7 Å². The third-order valence-corrected chi connectivity index (χ3v) is 2.79. The van der Waals surface area contributed by atoms with Gasteiger partial charge in [0, 0.05) is 6.20 Å². The lowest BCUT2D eigenvalue weighted by Gasteiger charge is -2.14. The monoisotopic (exact) mass is 293 g/mol. The van der Waals surface area contributed by atoms with Gasteiger partial charge in [-0.3, -0.25) is 14.6 Å². The molecular weight excluding hydrogens is 274 g/mol. The van der Waals surface area contributed by atoms with Crippen molar-refractivity contribution in [2.75, 3.05) is 6.54 Å². The Morgan fingerprint density at radius 1 is 1.33 bits per heavy atom. The molecule has 114 valence electrons. The molecule has 0 aliphatic heterocycles. The van der Waals surface area contributed by atoms with Gasteiger partial charge in [-0.2, -0.15) is 0 Å². The molecule has 2 amide bonds. The number of carbonyl (C=O) groups excluding carboxylic acids is 2. The number of aliphatic carboxylic acids is 1. The summed E-state index contributed by atoms with van der Waals surface area (Å²) in [4.78, 5) is 38.2. The van der Waals surface area contributed by atoms with Crippen molar-refractivity contribution in [2.45, 2.75) is 32.2 Å². The van der Waals surface area contributed by atoms with Gasteiger partial charge in [-0.25, -0.2) is 4.79 Å². The standard InChI is InChI=1S/C14H19N3O4/c1-2-3-6-11(14(20)21)17-12(18)9-16-13(19)10-7-4-5-8-15-10/h4-5,7-8,11H,2-3,6,9H2,1H3,(H,16,19)(H,17,18)(H,20,21)/t11-/m0/s1.